The highest BCUT2D eigenvalue weighted by molar-refractivity contribution is 9.10. The van der Waals surface area contributed by atoms with Crippen LogP contribution in [0.15, 0.2) is 45.1 Å². The van der Waals surface area contributed by atoms with Crippen LogP contribution in [0.2, 0.25) is 0 Å². The SMILES string of the molecule is Cc1ccsc1C(O)CNS(=O)(=O)c1ccc(Br)cc1. The van der Waals surface area contributed by atoms with Crippen LogP contribution in [-0.2, 0) is 10.0 Å². The number of sulfonamides is 1. The molecule has 108 valence electrons. The van der Waals surface area contributed by atoms with Gasteiger partial charge in [-0.05, 0) is 48.2 Å². The molecule has 2 N–H and O–H groups in total. The maximum atomic E-state index is 12.1. The maximum Gasteiger partial charge on any atom is 0.240 e. The fourth-order valence-electron chi connectivity index (χ4n) is 1.70. The van der Waals surface area contributed by atoms with Gasteiger partial charge in [-0.2, -0.15) is 0 Å². The molecule has 2 rings (SSSR count). The Morgan fingerprint density at radius 3 is 2.50 bits per heavy atom. The molecule has 0 saturated carbocycles. The number of aliphatic hydroxyl groups is 1. The summed E-state index contributed by atoms with van der Waals surface area (Å²) in [6, 6.07) is 8.24. The molecule has 20 heavy (non-hydrogen) atoms. The minimum atomic E-state index is -3.60. The molecule has 0 bridgehead atoms. The number of hydrogen-bond acceptors (Lipinski definition) is 4. The highest BCUT2D eigenvalue weighted by Crippen LogP contribution is 2.23. The molecular weight excluding hydrogens is 362 g/mol. The zero-order valence-electron chi connectivity index (χ0n) is 10.7. The lowest BCUT2D eigenvalue weighted by Crippen LogP contribution is -2.28. The van der Waals surface area contributed by atoms with Crippen molar-refractivity contribution in [3.63, 3.8) is 0 Å². The molecule has 0 amide bonds. The first kappa shape index (κ1) is 15.7. The van der Waals surface area contributed by atoms with Gasteiger partial charge in [0.15, 0.2) is 0 Å². The largest absolute Gasteiger partial charge is 0.386 e. The Labute approximate surface area is 130 Å². The van der Waals surface area contributed by atoms with E-state index >= 15 is 0 Å². The smallest absolute Gasteiger partial charge is 0.240 e. The molecule has 0 aliphatic heterocycles. The number of aliphatic hydroxyl groups excluding tert-OH is 1. The van der Waals surface area contributed by atoms with Crippen molar-refractivity contribution in [2.45, 2.75) is 17.9 Å². The second-order valence-electron chi connectivity index (χ2n) is 4.29. The Bertz CT molecular complexity index is 680. The molecule has 7 heteroatoms. The minimum Gasteiger partial charge on any atom is -0.386 e. The first-order valence-electron chi connectivity index (χ1n) is 5.87. The standard InChI is InChI=1S/C13H14BrNO3S2/c1-9-6-7-19-13(9)12(16)8-15-20(17,18)11-4-2-10(14)3-5-11/h2-7,12,15-16H,8H2,1H3. The molecule has 0 spiro atoms. The van der Waals surface area contributed by atoms with Crippen molar-refractivity contribution in [3.8, 4) is 0 Å². The second kappa shape index (κ2) is 6.36. The number of thiophene rings is 1. The van der Waals surface area contributed by atoms with Gasteiger partial charge >= 0.3 is 0 Å². The summed E-state index contributed by atoms with van der Waals surface area (Å²) >= 11 is 4.67. The lowest BCUT2D eigenvalue weighted by Gasteiger charge is -2.12. The van der Waals surface area contributed by atoms with Gasteiger partial charge in [0.05, 0.1) is 4.90 Å². The third-order valence-electron chi connectivity index (χ3n) is 2.79. The van der Waals surface area contributed by atoms with Gasteiger partial charge in [-0.15, -0.1) is 11.3 Å². The molecule has 0 aliphatic rings. The fourth-order valence-corrected chi connectivity index (χ4v) is 3.92. The number of nitrogens with one attached hydrogen (secondary N) is 1. The molecule has 2 aromatic rings. The van der Waals surface area contributed by atoms with Crippen molar-refractivity contribution >= 4 is 37.3 Å². The number of rotatable bonds is 5. The average molecular weight is 376 g/mol. The summed E-state index contributed by atoms with van der Waals surface area (Å²) in [5.74, 6) is 0. The van der Waals surface area contributed by atoms with Gasteiger partial charge in [0.25, 0.3) is 0 Å². The van der Waals surface area contributed by atoms with E-state index < -0.39 is 16.1 Å². The van der Waals surface area contributed by atoms with Crippen molar-refractivity contribution in [1.82, 2.24) is 4.72 Å². The van der Waals surface area contributed by atoms with Crippen molar-refractivity contribution in [1.29, 1.82) is 0 Å². The predicted molar refractivity (Wildman–Crippen MR) is 83.3 cm³/mol. The van der Waals surface area contributed by atoms with E-state index in [1.165, 1.54) is 23.5 Å². The van der Waals surface area contributed by atoms with E-state index in [0.29, 0.717) is 0 Å². The van der Waals surface area contributed by atoms with Crippen LogP contribution < -0.4 is 4.72 Å². The van der Waals surface area contributed by atoms with Crippen molar-refractivity contribution < 1.29 is 13.5 Å². The van der Waals surface area contributed by atoms with Crippen molar-refractivity contribution in [3.05, 3.63) is 50.6 Å². The Kier molecular flexibility index (Phi) is 4.98. The van der Waals surface area contributed by atoms with Crippen LogP contribution in [0.5, 0.6) is 0 Å². The van der Waals surface area contributed by atoms with E-state index in [1.54, 1.807) is 12.1 Å². The molecule has 1 unspecified atom stereocenters. The third kappa shape index (κ3) is 3.67. The Hall–Kier alpha value is -0.730. The average Bonchev–Trinajstić information content (AvgIpc) is 2.83. The van der Waals surface area contributed by atoms with Gasteiger partial charge in [-0.1, -0.05) is 15.9 Å². The van der Waals surface area contributed by atoms with Gasteiger partial charge in [0.2, 0.25) is 10.0 Å². The highest BCUT2D eigenvalue weighted by atomic mass is 79.9. The van der Waals surface area contributed by atoms with E-state index in [1.807, 2.05) is 18.4 Å². The summed E-state index contributed by atoms with van der Waals surface area (Å²) in [6.07, 6.45) is -0.833. The molecule has 0 radical (unpaired) electrons. The molecule has 4 nitrogen and oxygen atoms in total. The topological polar surface area (TPSA) is 66.4 Å². The highest BCUT2D eigenvalue weighted by Gasteiger charge is 2.18. The lowest BCUT2D eigenvalue weighted by molar-refractivity contribution is 0.185. The molecular formula is C13H14BrNO3S2. The van der Waals surface area contributed by atoms with Gasteiger partial charge in [0, 0.05) is 15.9 Å². The van der Waals surface area contributed by atoms with Crippen LogP contribution in [0.3, 0.4) is 0 Å². The summed E-state index contributed by atoms with van der Waals surface area (Å²) in [4.78, 5) is 0.958. The first-order valence-corrected chi connectivity index (χ1v) is 9.03. The monoisotopic (exact) mass is 375 g/mol. The quantitative estimate of drug-likeness (QED) is 0.844. The summed E-state index contributed by atoms with van der Waals surface area (Å²) < 4.78 is 27.4. The Morgan fingerprint density at radius 2 is 1.95 bits per heavy atom. The summed E-state index contributed by atoms with van der Waals surface area (Å²) in [6.45, 7) is 1.85. The molecule has 0 saturated heterocycles. The van der Waals surface area contributed by atoms with Crippen molar-refractivity contribution in [2.24, 2.45) is 0 Å². The maximum absolute atomic E-state index is 12.1. The number of halogens is 1. The summed E-state index contributed by atoms with van der Waals surface area (Å²) in [5, 5.41) is 11.9. The van der Waals surface area contributed by atoms with Gasteiger partial charge in [0.1, 0.15) is 6.10 Å². The zero-order chi connectivity index (χ0) is 14.8. The summed E-state index contributed by atoms with van der Waals surface area (Å²) in [7, 11) is -3.60. The molecule has 0 fully saturated rings. The Balaban J connectivity index is 2.06. The van der Waals surface area contributed by atoms with E-state index in [9.17, 15) is 13.5 Å². The second-order valence-corrected chi connectivity index (χ2v) is 7.92. The zero-order valence-corrected chi connectivity index (χ0v) is 13.9. The molecule has 0 aliphatic carbocycles. The van der Waals surface area contributed by atoms with Crippen LogP contribution in [0.1, 0.15) is 16.5 Å². The van der Waals surface area contributed by atoms with E-state index in [-0.39, 0.29) is 11.4 Å². The number of benzene rings is 1. The normalized spacial score (nSPS) is 13.3. The van der Waals surface area contributed by atoms with Gasteiger partial charge < -0.3 is 5.11 Å². The van der Waals surface area contributed by atoms with E-state index in [0.717, 1.165) is 14.9 Å². The predicted octanol–water partition coefficient (Wildman–Crippen LogP) is 2.83. The Morgan fingerprint density at radius 1 is 1.30 bits per heavy atom. The van der Waals surface area contributed by atoms with Crippen LogP contribution in [0.4, 0.5) is 0 Å². The lowest BCUT2D eigenvalue weighted by atomic mass is 10.2. The van der Waals surface area contributed by atoms with Crippen LogP contribution in [0, 0.1) is 6.92 Å². The molecule has 1 atom stereocenters. The first-order chi connectivity index (χ1) is 9.40. The number of hydrogen-bond donors (Lipinski definition) is 2. The summed E-state index contributed by atoms with van der Waals surface area (Å²) in [5.41, 5.74) is 0.963. The van der Waals surface area contributed by atoms with Crippen LogP contribution in [0.25, 0.3) is 0 Å². The third-order valence-corrected chi connectivity index (χ3v) is 5.88. The van der Waals surface area contributed by atoms with Crippen LogP contribution >= 0.6 is 27.3 Å². The van der Waals surface area contributed by atoms with E-state index in [4.69, 9.17) is 0 Å². The molecule has 1 heterocycles. The van der Waals surface area contributed by atoms with Crippen molar-refractivity contribution in [2.75, 3.05) is 6.54 Å². The minimum absolute atomic E-state index is 0.0419. The fraction of sp³-hybridized carbons (Fsp3) is 0.231. The molecule has 1 aromatic heterocycles. The van der Waals surface area contributed by atoms with Gasteiger partial charge in [-0.25, -0.2) is 13.1 Å². The van der Waals surface area contributed by atoms with Crippen LogP contribution in [-0.4, -0.2) is 20.1 Å². The van der Waals surface area contributed by atoms with E-state index in [2.05, 4.69) is 20.7 Å². The van der Waals surface area contributed by atoms with Gasteiger partial charge in [-0.3, -0.25) is 0 Å². The molecule has 1 aromatic carbocycles. The number of aryl methyl sites for hydroxylation is 1.